The van der Waals surface area contributed by atoms with E-state index in [9.17, 15) is 4.79 Å². The van der Waals surface area contributed by atoms with Crippen LogP contribution >= 0.6 is 0 Å². The van der Waals surface area contributed by atoms with Crippen LogP contribution in [0.15, 0.2) is 36.4 Å². The first-order valence-corrected chi connectivity index (χ1v) is 7.30. The molecule has 1 aliphatic rings. The SMILES string of the molecule is Cc1ccc(C(N)c2cc(C)cc3c2NC(=O)CC3)cc1. The summed E-state index contributed by atoms with van der Waals surface area (Å²) < 4.78 is 0. The molecule has 0 saturated heterocycles. The molecule has 1 amide bonds. The summed E-state index contributed by atoms with van der Waals surface area (Å²) >= 11 is 0. The Hall–Kier alpha value is -2.13. The van der Waals surface area contributed by atoms with Crippen LogP contribution in [0.1, 0.15) is 40.3 Å². The highest BCUT2D eigenvalue weighted by Gasteiger charge is 2.22. The van der Waals surface area contributed by atoms with E-state index in [-0.39, 0.29) is 11.9 Å². The van der Waals surface area contributed by atoms with Gasteiger partial charge < -0.3 is 11.1 Å². The molecule has 0 bridgehead atoms. The van der Waals surface area contributed by atoms with E-state index in [0.29, 0.717) is 6.42 Å². The second kappa shape index (κ2) is 5.34. The lowest BCUT2D eigenvalue weighted by Crippen LogP contribution is -2.23. The van der Waals surface area contributed by atoms with E-state index in [1.54, 1.807) is 0 Å². The van der Waals surface area contributed by atoms with Gasteiger partial charge in [-0.05, 0) is 37.0 Å². The van der Waals surface area contributed by atoms with Crippen LogP contribution in [0, 0.1) is 13.8 Å². The molecule has 0 radical (unpaired) electrons. The number of hydrogen-bond acceptors (Lipinski definition) is 2. The highest BCUT2D eigenvalue weighted by atomic mass is 16.1. The van der Waals surface area contributed by atoms with E-state index in [0.717, 1.165) is 23.2 Å². The van der Waals surface area contributed by atoms with Crippen LogP contribution < -0.4 is 11.1 Å². The van der Waals surface area contributed by atoms with E-state index in [2.05, 4.69) is 55.6 Å². The van der Waals surface area contributed by atoms with Gasteiger partial charge in [0.15, 0.2) is 0 Å². The summed E-state index contributed by atoms with van der Waals surface area (Å²) in [5, 5.41) is 3.00. The molecule has 0 saturated carbocycles. The first kappa shape index (κ1) is 13.8. The van der Waals surface area contributed by atoms with Gasteiger partial charge in [0.05, 0.1) is 6.04 Å². The van der Waals surface area contributed by atoms with Crippen molar-refractivity contribution in [3.8, 4) is 0 Å². The Labute approximate surface area is 125 Å². The summed E-state index contributed by atoms with van der Waals surface area (Å²) in [7, 11) is 0. The Morgan fingerprint density at radius 2 is 1.76 bits per heavy atom. The van der Waals surface area contributed by atoms with Crippen molar-refractivity contribution in [2.24, 2.45) is 5.73 Å². The number of rotatable bonds is 2. The van der Waals surface area contributed by atoms with Crippen molar-refractivity contribution >= 4 is 11.6 Å². The smallest absolute Gasteiger partial charge is 0.224 e. The van der Waals surface area contributed by atoms with Crippen LogP contribution in [0.3, 0.4) is 0 Å². The normalized spacial score (nSPS) is 15.3. The van der Waals surface area contributed by atoms with Crippen molar-refractivity contribution in [1.29, 1.82) is 0 Å². The average molecular weight is 280 g/mol. The summed E-state index contributed by atoms with van der Waals surface area (Å²) in [5.41, 5.74) is 13.0. The highest BCUT2D eigenvalue weighted by molar-refractivity contribution is 5.95. The third-order valence-electron chi connectivity index (χ3n) is 4.05. The Bertz CT molecular complexity index is 689. The van der Waals surface area contributed by atoms with Gasteiger partial charge in [-0.1, -0.05) is 47.5 Å². The minimum atomic E-state index is -0.224. The summed E-state index contributed by atoms with van der Waals surface area (Å²) in [6.45, 7) is 4.13. The maximum atomic E-state index is 11.7. The molecular formula is C18H20N2O. The molecule has 3 heteroatoms. The maximum Gasteiger partial charge on any atom is 0.224 e. The fourth-order valence-corrected chi connectivity index (χ4v) is 2.89. The number of carbonyl (C=O) groups is 1. The number of aryl methyl sites for hydroxylation is 3. The quantitative estimate of drug-likeness (QED) is 0.887. The van der Waals surface area contributed by atoms with Crippen LogP contribution in [0.25, 0.3) is 0 Å². The molecule has 0 aromatic heterocycles. The van der Waals surface area contributed by atoms with Crippen molar-refractivity contribution < 1.29 is 4.79 Å². The summed E-state index contributed by atoms with van der Waals surface area (Å²) in [6.07, 6.45) is 1.34. The second-order valence-electron chi connectivity index (χ2n) is 5.82. The predicted octanol–water partition coefficient (Wildman–Crippen LogP) is 3.24. The first-order chi connectivity index (χ1) is 10.0. The number of amides is 1. The lowest BCUT2D eigenvalue weighted by atomic mass is 9.90. The first-order valence-electron chi connectivity index (χ1n) is 7.30. The molecule has 1 heterocycles. The lowest BCUT2D eigenvalue weighted by molar-refractivity contribution is -0.116. The molecule has 3 N–H and O–H groups in total. The number of carbonyl (C=O) groups excluding carboxylic acids is 1. The Morgan fingerprint density at radius 1 is 1.05 bits per heavy atom. The lowest BCUT2D eigenvalue weighted by Gasteiger charge is -2.24. The van der Waals surface area contributed by atoms with Gasteiger partial charge in [0.25, 0.3) is 0 Å². The number of nitrogens with two attached hydrogens (primary N) is 1. The van der Waals surface area contributed by atoms with Gasteiger partial charge in [0.1, 0.15) is 0 Å². The molecule has 1 unspecified atom stereocenters. The number of hydrogen-bond donors (Lipinski definition) is 2. The Morgan fingerprint density at radius 3 is 2.48 bits per heavy atom. The molecule has 21 heavy (non-hydrogen) atoms. The zero-order valence-electron chi connectivity index (χ0n) is 12.4. The molecular weight excluding hydrogens is 260 g/mol. The van der Waals surface area contributed by atoms with Crippen molar-refractivity contribution in [2.75, 3.05) is 5.32 Å². The summed E-state index contributed by atoms with van der Waals surface area (Å²) in [4.78, 5) is 11.7. The van der Waals surface area contributed by atoms with Crippen LogP contribution in [-0.4, -0.2) is 5.91 Å². The fraction of sp³-hybridized carbons (Fsp3) is 0.278. The standard InChI is InChI=1S/C18H20N2O/c1-11-3-5-13(6-4-11)17(19)15-10-12(2)9-14-7-8-16(21)20-18(14)15/h3-6,9-10,17H,7-8,19H2,1-2H3,(H,20,21). The molecule has 3 rings (SSSR count). The fourth-order valence-electron chi connectivity index (χ4n) is 2.89. The van der Waals surface area contributed by atoms with Gasteiger partial charge in [-0.25, -0.2) is 0 Å². The number of nitrogens with one attached hydrogen (secondary N) is 1. The molecule has 0 spiro atoms. The topological polar surface area (TPSA) is 55.1 Å². The number of anilines is 1. The van der Waals surface area contributed by atoms with Gasteiger partial charge >= 0.3 is 0 Å². The Balaban J connectivity index is 2.07. The summed E-state index contributed by atoms with van der Waals surface area (Å²) in [5.74, 6) is 0.0729. The van der Waals surface area contributed by atoms with Gasteiger partial charge in [-0.2, -0.15) is 0 Å². The number of benzene rings is 2. The maximum absolute atomic E-state index is 11.7. The van der Waals surface area contributed by atoms with Gasteiger partial charge in [0, 0.05) is 12.1 Å². The molecule has 1 atom stereocenters. The van der Waals surface area contributed by atoms with E-state index in [1.165, 1.54) is 16.7 Å². The van der Waals surface area contributed by atoms with Crippen LogP contribution in [0.5, 0.6) is 0 Å². The van der Waals surface area contributed by atoms with E-state index in [1.807, 2.05) is 0 Å². The molecule has 2 aromatic rings. The average Bonchev–Trinajstić information content (AvgIpc) is 2.47. The van der Waals surface area contributed by atoms with Crippen molar-refractivity contribution in [1.82, 2.24) is 0 Å². The molecule has 108 valence electrons. The van der Waals surface area contributed by atoms with Crippen molar-refractivity contribution in [2.45, 2.75) is 32.7 Å². The zero-order valence-corrected chi connectivity index (χ0v) is 12.4. The van der Waals surface area contributed by atoms with Crippen LogP contribution in [0.2, 0.25) is 0 Å². The largest absolute Gasteiger partial charge is 0.326 e. The van der Waals surface area contributed by atoms with E-state index < -0.39 is 0 Å². The monoisotopic (exact) mass is 280 g/mol. The number of fused-ring (bicyclic) bond motifs is 1. The molecule has 1 aliphatic heterocycles. The third-order valence-corrected chi connectivity index (χ3v) is 4.05. The van der Waals surface area contributed by atoms with Crippen molar-refractivity contribution in [3.63, 3.8) is 0 Å². The Kier molecular flexibility index (Phi) is 3.52. The van der Waals surface area contributed by atoms with Crippen LogP contribution in [-0.2, 0) is 11.2 Å². The molecule has 0 fully saturated rings. The van der Waals surface area contributed by atoms with E-state index in [4.69, 9.17) is 5.73 Å². The molecule has 3 nitrogen and oxygen atoms in total. The zero-order chi connectivity index (χ0) is 15.0. The minimum absolute atomic E-state index is 0.0729. The van der Waals surface area contributed by atoms with E-state index >= 15 is 0 Å². The predicted molar refractivity (Wildman–Crippen MR) is 85.3 cm³/mol. The molecule has 0 aliphatic carbocycles. The van der Waals surface area contributed by atoms with Gasteiger partial charge in [-0.15, -0.1) is 0 Å². The minimum Gasteiger partial charge on any atom is -0.326 e. The summed E-state index contributed by atoms with van der Waals surface area (Å²) in [6, 6.07) is 12.2. The van der Waals surface area contributed by atoms with Crippen LogP contribution in [0.4, 0.5) is 5.69 Å². The van der Waals surface area contributed by atoms with Gasteiger partial charge in [0.2, 0.25) is 5.91 Å². The third kappa shape index (κ3) is 2.69. The highest BCUT2D eigenvalue weighted by Crippen LogP contribution is 2.34. The molecule has 2 aromatic carbocycles. The van der Waals surface area contributed by atoms with Gasteiger partial charge in [-0.3, -0.25) is 4.79 Å². The second-order valence-corrected chi connectivity index (χ2v) is 5.82. The van der Waals surface area contributed by atoms with Crippen molar-refractivity contribution in [3.05, 3.63) is 64.2 Å².